The van der Waals surface area contributed by atoms with Gasteiger partial charge < -0.3 is 4.74 Å². The van der Waals surface area contributed by atoms with Gasteiger partial charge in [-0.25, -0.2) is 4.79 Å². The summed E-state index contributed by atoms with van der Waals surface area (Å²) in [6.45, 7) is 1.44. The first-order chi connectivity index (χ1) is 7.06. The van der Waals surface area contributed by atoms with Crippen LogP contribution in [0.5, 0.6) is 0 Å². The summed E-state index contributed by atoms with van der Waals surface area (Å²) in [6, 6.07) is 2.88. The monoisotopic (exact) mass is 215 g/mol. The quantitative estimate of drug-likeness (QED) is 0.719. The van der Waals surface area contributed by atoms with E-state index in [0.717, 1.165) is 0 Å². The maximum atomic E-state index is 13.2. The van der Waals surface area contributed by atoms with Gasteiger partial charge in [0, 0.05) is 18.8 Å². The number of esters is 1. The van der Waals surface area contributed by atoms with Crippen molar-refractivity contribution in [2.75, 3.05) is 6.61 Å². The summed E-state index contributed by atoms with van der Waals surface area (Å²) in [4.78, 5) is 14.6. The van der Waals surface area contributed by atoms with Crippen LogP contribution in [-0.2, 0) is 16.0 Å². The summed E-state index contributed by atoms with van der Waals surface area (Å²) in [5.74, 6) is -4.96. The summed E-state index contributed by atoms with van der Waals surface area (Å²) >= 11 is 0. The van der Waals surface area contributed by atoms with E-state index >= 15 is 0 Å². The van der Waals surface area contributed by atoms with Gasteiger partial charge in [-0.05, 0) is 24.6 Å². The zero-order chi connectivity index (χ0) is 11.3. The zero-order valence-corrected chi connectivity index (χ0v) is 8.24. The Kier molecular flexibility index (Phi) is 3.71. The molecule has 1 aromatic rings. The average molecular weight is 215 g/mol. The Hall–Kier alpha value is -1.52. The van der Waals surface area contributed by atoms with Gasteiger partial charge in [-0.3, -0.25) is 4.98 Å². The van der Waals surface area contributed by atoms with Crippen molar-refractivity contribution < 1.29 is 18.3 Å². The number of ether oxygens (including phenoxy) is 1. The molecule has 0 saturated carbocycles. The molecule has 0 aliphatic heterocycles. The second-order valence-electron chi connectivity index (χ2n) is 2.96. The Balaban J connectivity index is 2.68. The number of pyridine rings is 1. The molecule has 0 radical (unpaired) electrons. The van der Waals surface area contributed by atoms with Crippen LogP contribution in [-0.4, -0.2) is 23.5 Å². The lowest BCUT2D eigenvalue weighted by molar-refractivity contribution is -0.171. The highest BCUT2D eigenvalue weighted by atomic mass is 19.3. The maximum Gasteiger partial charge on any atom is 0.377 e. The van der Waals surface area contributed by atoms with Crippen LogP contribution in [0.25, 0.3) is 0 Å². The van der Waals surface area contributed by atoms with Crippen molar-refractivity contribution in [2.24, 2.45) is 0 Å². The third kappa shape index (κ3) is 3.27. The van der Waals surface area contributed by atoms with Crippen LogP contribution < -0.4 is 0 Å². The Morgan fingerprint density at radius 3 is 2.60 bits per heavy atom. The first-order valence-electron chi connectivity index (χ1n) is 4.50. The van der Waals surface area contributed by atoms with Crippen molar-refractivity contribution in [2.45, 2.75) is 19.3 Å². The van der Waals surface area contributed by atoms with E-state index in [0.29, 0.717) is 5.56 Å². The van der Waals surface area contributed by atoms with Gasteiger partial charge in [-0.1, -0.05) is 0 Å². The lowest BCUT2D eigenvalue weighted by atomic mass is 10.1. The van der Waals surface area contributed by atoms with Gasteiger partial charge in [0.05, 0.1) is 6.61 Å². The summed E-state index contributed by atoms with van der Waals surface area (Å²) < 4.78 is 30.7. The number of carbonyl (C=O) groups excluding carboxylic acids is 1. The molecule has 0 aromatic carbocycles. The molecular weight excluding hydrogens is 204 g/mol. The minimum Gasteiger partial charge on any atom is -0.462 e. The maximum absolute atomic E-state index is 13.2. The lowest BCUT2D eigenvalue weighted by Crippen LogP contribution is -2.33. The molecule has 82 valence electrons. The van der Waals surface area contributed by atoms with Gasteiger partial charge >= 0.3 is 11.9 Å². The molecule has 0 N–H and O–H groups in total. The van der Waals surface area contributed by atoms with Crippen molar-refractivity contribution in [1.82, 2.24) is 4.98 Å². The highest BCUT2D eigenvalue weighted by molar-refractivity contribution is 5.77. The topological polar surface area (TPSA) is 39.2 Å². The van der Waals surface area contributed by atoms with Crippen molar-refractivity contribution in [3.8, 4) is 0 Å². The zero-order valence-electron chi connectivity index (χ0n) is 8.24. The average Bonchev–Trinajstić information content (AvgIpc) is 2.19. The SMILES string of the molecule is CCOC(=O)C(F)(F)Cc1ccncc1. The van der Waals surface area contributed by atoms with Crippen LogP contribution in [0.1, 0.15) is 12.5 Å². The van der Waals surface area contributed by atoms with E-state index in [2.05, 4.69) is 9.72 Å². The number of hydrogen-bond donors (Lipinski definition) is 0. The van der Waals surface area contributed by atoms with Gasteiger partial charge in [0.25, 0.3) is 0 Å². The molecule has 0 spiro atoms. The molecule has 1 rings (SSSR count). The summed E-state index contributed by atoms with van der Waals surface area (Å²) in [7, 11) is 0. The van der Waals surface area contributed by atoms with Crippen molar-refractivity contribution >= 4 is 5.97 Å². The molecule has 0 unspecified atom stereocenters. The number of carbonyl (C=O) groups is 1. The second-order valence-corrected chi connectivity index (χ2v) is 2.96. The molecule has 1 aromatic heterocycles. The third-order valence-electron chi connectivity index (χ3n) is 1.75. The van der Waals surface area contributed by atoms with Gasteiger partial charge in [-0.15, -0.1) is 0 Å². The molecule has 1 heterocycles. The number of nitrogens with zero attached hydrogens (tertiary/aromatic N) is 1. The Morgan fingerprint density at radius 1 is 1.47 bits per heavy atom. The van der Waals surface area contributed by atoms with Crippen molar-refractivity contribution in [3.63, 3.8) is 0 Å². The van der Waals surface area contributed by atoms with Gasteiger partial charge in [-0.2, -0.15) is 8.78 Å². The first kappa shape index (κ1) is 11.6. The molecule has 0 aliphatic rings. The fourth-order valence-electron chi connectivity index (χ4n) is 1.07. The summed E-state index contributed by atoms with van der Waals surface area (Å²) in [5.41, 5.74) is 0.350. The number of alkyl halides is 2. The van der Waals surface area contributed by atoms with Crippen LogP contribution in [0.15, 0.2) is 24.5 Å². The number of hydrogen-bond acceptors (Lipinski definition) is 3. The molecule has 3 nitrogen and oxygen atoms in total. The third-order valence-corrected chi connectivity index (χ3v) is 1.75. The summed E-state index contributed by atoms with van der Waals surface area (Å²) in [6.07, 6.45) is 2.14. The highest BCUT2D eigenvalue weighted by Crippen LogP contribution is 2.21. The van der Waals surface area contributed by atoms with Crippen LogP contribution in [0.3, 0.4) is 0 Å². The lowest BCUT2D eigenvalue weighted by Gasteiger charge is -2.14. The first-order valence-corrected chi connectivity index (χ1v) is 4.50. The number of aromatic nitrogens is 1. The fourth-order valence-corrected chi connectivity index (χ4v) is 1.07. The predicted octanol–water partition coefficient (Wildman–Crippen LogP) is 1.82. The molecule has 5 heteroatoms. The Bertz CT molecular complexity index is 327. The smallest absolute Gasteiger partial charge is 0.377 e. The minimum atomic E-state index is -3.47. The molecule has 0 bridgehead atoms. The van der Waals surface area contributed by atoms with E-state index in [9.17, 15) is 13.6 Å². The van der Waals surface area contributed by atoms with Gasteiger partial charge in [0.15, 0.2) is 0 Å². The van der Waals surface area contributed by atoms with E-state index in [1.807, 2.05) is 0 Å². The van der Waals surface area contributed by atoms with E-state index in [4.69, 9.17) is 0 Å². The summed E-state index contributed by atoms with van der Waals surface area (Å²) in [5, 5.41) is 0. The number of rotatable bonds is 4. The van der Waals surface area contributed by atoms with Crippen LogP contribution in [0, 0.1) is 0 Å². The van der Waals surface area contributed by atoms with E-state index in [-0.39, 0.29) is 6.61 Å². The minimum absolute atomic E-state index is 0.0508. The molecule has 0 saturated heterocycles. The van der Waals surface area contributed by atoms with Gasteiger partial charge in [0.2, 0.25) is 0 Å². The second kappa shape index (κ2) is 4.82. The Morgan fingerprint density at radius 2 is 2.07 bits per heavy atom. The predicted molar refractivity (Wildman–Crippen MR) is 49.5 cm³/mol. The highest BCUT2D eigenvalue weighted by Gasteiger charge is 2.40. The fraction of sp³-hybridized carbons (Fsp3) is 0.400. The van der Waals surface area contributed by atoms with E-state index in [1.165, 1.54) is 31.5 Å². The van der Waals surface area contributed by atoms with Gasteiger partial charge in [0.1, 0.15) is 0 Å². The van der Waals surface area contributed by atoms with E-state index < -0.39 is 18.3 Å². The molecule has 0 aliphatic carbocycles. The van der Waals surface area contributed by atoms with Crippen molar-refractivity contribution in [3.05, 3.63) is 30.1 Å². The van der Waals surface area contributed by atoms with Crippen molar-refractivity contribution in [1.29, 1.82) is 0 Å². The molecule has 15 heavy (non-hydrogen) atoms. The normalized spacial score (nSPS) is 11.1. The standard InChI is InChI=1S/C10H11F2NO2/c1-2-15-9(14)10(11,12)7-8-3-5-13-6-4-8/h3-6H,2,7H2,1H3. The van der Waals surface area contributed by atoms with Crippen LogP contribution in [0.4, 0.5) is 8.78 Å². The molecular formula is C10H11F2NO2. The van der Waals surface area contributed by atoms with Crippen LogP contribution in [0.2, 0.25) is 0 Å². The molecule has 0 atom stereocenters. The molecule has 0 amide bonds. The van der Waals surface area contributed by atoms with Crippen LogP contribution >= 0.6 is 0 Å². The molecule has 0 fully saturated rings. The largest absolute Gasteiger partial charge is 0.462 e. The van der Waals surface area contributed by atoms with E-state index in [1.54, 1.807) is 0 Å². The Labute approximate surface area is 86.1 Å². The number of halogens is 2.